The van der Waals surface area contributed by atoms with Gasteiger partial charge in [-0.1, -0.05) is 12.1 Å². The Morgan fingerprint density at radius 2 is 1.44 bits per heavy atom. The van der Waals surface area contributed by atoms with Crippen LogP contribution in [-0.4, -0.2) is 56.8 Å². The van der Waals surface area contributed by atoms with Crippen molar-refractivity contribution in [3.05, 3.63) is 92.5 Å². The van der Waals surface area contributed by atoms with E-state index in [2.05, 4.69) is 19.7 Å². The quantitative estimate of drug-likeness (QED) is 0.0992. The van der Waals surface area contributed by atoms with E-state index in [1.54, 1.807) is 38.1 Å². The molecule has 34 heavy (non-hydrogen) atoms. The van der Waals surface area contributed by atoms with Crippen molar-refractivity contribution in [3.8, 4) is 6.01 Å². The van der Waals surface area contributed by atoms with Gasteiger partial charge < -0.3 is 19.7 Å². The fraction of sp³-hybridized carbons (Fsp3) is 0.304. The van der Waals surface area contributed by atoms with Crippen molar-refractivity contribution in [1.82, 2.24) is 15.0 Å². The largest absolute Gasteiger partial charge is 0.461 e. The lowest BCUT2D eigenvalue weighted by Gasteiger charge is -2.08. The van der Waals surface area contributed by atoms with Crippen LogP contribution in [0, 0.1) is 24.0 Å². The Bertz CT molecular complexity index is 1140. The molecule has 0 saturated heterocycles. The van der Waals surface area contributed by atoms with Gasteiger partial charge in [0.05, 0.1) is 42.5 Å². The molecule has 0 unspecified atom stereocenters. The summed E-state index contributed by atoms with van der Waals surface area (Å²) in [6, 6.07) is 13.4. The number of non-ortho nitro benzene ring substituents is 1. The van der Waals surface area contributed by atoms with Crippen molar-refractivity contribution < 1.29 is 23.9 Å². The van der Waals surface area contributed by atoms with Crippen LogP contribution in [0.3, 0.4) is 0 Å². The number of nitro groups is 1. The highest BCUT2D eigenvalue weighted by Crippen LogP contribution is 2.16. The van der Waals surface area contributed by atoms with Crippen LogP contribution in [-0.2, 0) is 16.1 Å². The number of hydrogen-bond acceptors (Lipinski definition) is 8. The predicted molar refractivity (Wildman–Crippen MR) is 122 cm³/mol. The molecule has 0 radical (unpaired) electrons. The zero-order chi connectivity index (χ0) is 24.3. The summed E-state index contributed by atoms with van der Waals surface area (Å²) in [5, 5.41) is 10.8. The van der Waals surface area contributed by atoms with Gasteiger partial charge in [0.25, 0.3) is 5.69 Å². The molecular weight excluding hydrogens is 440 g/mol. The molecule has 0 aliphatic carbocycles. The van der Waals surface area contributed by atoms with E-state index in [9.17, 15) is 15.6 Å². The summed E-state index contributed by atoms with van der Waals surface area (Å²) < 4.78 is 16.6. The van der Waals surface area contributed by atoms with E-state index in [0.717, 1.165) is 5.56 Å². The summed E-state index contributed by atoms with van der Waals surface area (Å²) >= 11 is 0. The van der Waals surface area contributed by atoms with Crippen molar-refractivity contribution in [3.63, 3.8) is 0 Å². The highest BCUT2D eigenvalue weighted by atomic mass is 16.6. The predicted octanol–water partition coefficient (Wildman–Crippen LogP) is 3.08. The van der Waals surface area contributed by atoms with Gasteiger partial charge in [0, 0.05) is 12.1 Å². The Hall–Kier alpha value is -4.05. The molecule has 176 valence electrons. The minimum absolute atomic E-state index is 0.0297. The molecule has 11 nitrogen and oxygen atoms in total. The molecule has 3 rings (SSSR count). The topological polar surface area (TPSA) is 146 Å². The Balaban J connectivity index is 1.37. The Labute approximate surface area is 196 Å². The van der Waals surface area contributed by atoms with Crippen molar-refractivity contribution in [2.45, 2.75) is 20.5 Å². The normalized spacial score (nSPS) is 10.5. The first kappa shape index (κ1) is 24.6. The van der Waals surface area contributed by atoms with Crippen LogP contribution in [0.25, 0.3) is 5.53 Å². The molecule has 0 aliphatic rings. The van der Waals surface area contributed by atoms with Crippen molar-refractivity contribution in [1.29, 1.82) is 0 Å². The van der Waals surface area contributed by atoms with Crippen LogP contribution in [0.2, 0.25) is 0 Å². The maximum atomic E-state index is 10.8. The molecule has 0 saturated carbocycles. The number of hydrogen-bond donors (Lipinski definition) is 0. The summed E-state index contributed by atoms with van der Waals surface area (Å²) in [5.74, 6) is 1.21. The van der Waals surface area contributed by atoms with Gasteiger partial charge in [-0.2, -0.15) is 14.8 Å². The lowest BCUT2D eigenvalue weighted by molar-refractivity contribution is -0.384. The molecule has 0 spiro atoms. The van der Waals surface area contributed by atoms with E-state index >= 15 is 0 Å². The standard InChI is InChI=1S/C23H24N6O5/c1-16-25-17(2)27-23(26-16)34-14-13-32-11-12-33-15-18-3-5-19(6-4-18)22(28-24)20-7-9-21(10-8-20)29(30)31/h3-10H,11-15H2,1-2H3. The van der Waals surface area contributed by atoms with E-state index in [1.165, 1.54) is 12.1 Å². The van der Waals surface area contributed by atoms with Gasteiger partial charge in [0.15, 0.2) is 0 Å². The van der Waals surface area contributed by atoms with Gasteiger partial charge in [-0.15, -0.1) is 0 Å². The molecule has 1 heterocycles. The van der Waals surface area contributed by atoms with Crippen LogP contribution in [0.5, 0.6) is 6.01 Å². The first-order valence-electron chi connectivity index (χ1n) is 10.5. The molecule has 1 aromatic heterocycles. The Morgan fingerprint density at radius 3 is 2.03 bits per heavy atom. The number of aromatic nitrogens is 3. The first-order chi connectivity index (χ1) is 16.5. The molecule has 11 heteroatoms. The average Bonchev–Trinajstić information content (AvgIpc) is 2.82. The van der Waals surface area contributed by atoms with Crippen molar-refractivity contribution in [2.75, 3.05) is 26.4 Å². The van der Waals surface area contributed by atoms with Crippen molar-refractivity contribution in [2.24, 2.45) is 0 Å². The third kappa shape index (κ3) is 7.24. The number of benzene rings is 2. The van der Waals surface area contributed by atoms with E-state index in [4.69, 9.17) is 14.2 Å². The van der Waals surface area contributed by atoms with E-state index in [-0.39, 0.29) is 11.7 Å². The van der Waals surface area contributed by atoms with E-state index in [1.807, 2.05) is 12.1 Å². The lowest BCUT2D eigenvalue weighted by Crippen LogP contribution is -2.12. The zero-order valence-electron chi connectivity index (χ0n) is 18.9. The van der Waals surface area contributed by atoms with Crippen molar-refractivity contribution >= 4 is 11.4 Å². The minimum atomic E-state index is -0.480. The molecular formula is C23H24N6O5. The van der Waals surface area contributed by atoms with Gasteiger partial charge in [0.2, 0.25) is 0 Å². The third-order valence-corrected chi connectivity index (χ3v) is 4.62. The maximum Gasteiger partial charge on any atom is 0.329 e. The number of rotatable bonds is 12. The van der Waals surface area contributed by atoms with Crippen LogP contribution >= 0.6 is 0 Å². The SMILES string of the molecule is Cc1nc(C)nc(OCCOCCOCc2ccc(C(=[N+]=[N-])c3ccc([N+](=O)[O-])cc3)cc2)n1. The smallest absolute Gasteiger partial charge is 0.329 e. The fourth-order valence-electron chi connectivity index (χ4n) is 3.03. The summed E-state index contributed by atoms with van der Waals surface area (Å²) in [6.45, 7) is 5.49. The summed E-state index contributed by atoms with van der Waals surface area (Å²) in [4.78, 5) is 25.9. The molecule has 3 aromatic rings. The number of ether oxygens (including phenoxy) is 3. The Morgan fingerprint density at radius 1 is 0.882 bits per heavy atom. The van der Waals surface area contributed by atoms with Crippen LogP contribution in [0.1, 0.15) is 28.3 Å². The van der Waals surface area contributed by atoms with Gasteiger partial charge in [-0.05, 0) is 43.7 Å². The zero-order valence-corrected chi connectivity index (χ0v) is 18.9. The van der Waals surface area contributed by atoms with E-state index < -0.39 is 4.92 Å². The maximum absolute atomic E-state index is 10.8. The lowest BCUT2D eigenvalue weighted by atomic mass is 10.0. The fourth-order valence-corrected chi connectivity index (χ4v) is 3.03. The van der Waals surface area contributed by atoms with Crippen LogP contribution in [0.4, 0.5) is 5.69 Å². The monoisotopic (exact) mass is 464 g/mol. The second-order valence-electron chi connectivity index (χ2n) is 7.18. The van der Waals surface area contributed by atoms with Gasteiger partial charge in [-0.3, -0.25) is 10.1 Å². The summed E-state index contributed by atoms with van der Waals surface area (Å²) in [5.41, 5.74) is 11.9. The molecule has 0 amide bonds. The second-order valence-corrected chi connectivity index (χ2v) is 7.18. The molecule has 0 bridgehead atoms. The van der Waals surface area contributed by atoms with Gasteiger partial charge >= 0.3 is 11.7 Å². The minimum Gasteiger partial charge on any atom is -0.461 e. The highest BCUT2D eigenvalue weighted by molar-refractivity contribution is 6.09. The van der Waals surface area contributed by atoms with Crippen LogP contribution < -0.4 is 4.74 Å². The molecule has 2 aromatic carbocycles. The first-order valence-corrected chi connectivity index (χ1v) is 10.5. The average molecular weight is 464 g/mol. The molecule has 0 N–H and O–H groups in total. The second kappa shape index (κ2) is 12.3. The highest BCUT2D eigenvalue weighted by Gasteiger charge is 2.16. The van der Waals surface area contributed by atoms with E-state index in [0.29, 0.717) is 61.5 Å². The molecule has 0 aliphatic heterocycles. The number of aryl methyl sites for hydroxylation is 2. The van der Waals surface area contributed by atoms with Crippen LogP contribution in [0.15, 0.2) is 48.5 Å². The molecule has 0 atom stereocenters. The summed E-state index contributed by atoms with van der Waals surface area (Å²) in [6.07, 6.45) is 0. The summed E-state index contributed by atoms with van der Waals surface area (Å²) in [7, 11) is 0. The van der Waals surface area contributed by atoms with Gasteiger partial charge in [-0.25, -0.2) is 4.98 Å². The Kier molecular flexibility index (Phi) is 8.87. The molecule has 0 fully saturated rings. The van der Waals surface area contributed by atoms with Gasteiger partial charge in [0.1, 0.15) is 18.3 Å². The number of nitrogens with zero attached hydrogens (tertiary/aromatic N) is 6. The number of nitro benzene ring substituents is 1. The third-order valence-electron chi connectivity index (χ3n) is 4.62.